The van der Waals surface area contributed by atoms with Gasteiger partial charge in [0.15, 0.2) is 0 Å². The van der Waals surface area contributed by atoms with Crippen LogP contribution in [0.15, 0.2) is 0 Å². The molecule has 0 aliphatic heterocycles. The molecule has 0 radical (unpaired) electrons. The highest BCUT2D eigenvalue weighted by Crippen LogP contribution is 2.67. The first-order valence-electron chi connectivity index (χ1n) is 7.10. The third-order valence-corrected chi connectivity index (χ3v) is 6.48. The zero-order valence-electron chi connectivity index (χ0n) is 14.1. The largest absolute Gasteiger partial charge is 0.251 e. The number of hydrogen-bond donors (Lipinski definition) is 1. The van der Waals surface area contributed by atoms with Crippen molar-refractivity contribution in [2.45, 2.75) is 81.3 Å². The molecule has 1 rings (SSSR count). The van der Waals surface area contributed by atoms with Crippen molar-refractivity contribution in [2.24, 2.45) is 22.2 Å². The van der Waals surface area contributed by atoms with E-state index in [0.29, 0.717) is 10.8 Å². The predicted octanol–water partition coefficient (Wildman–Crippen LogP) is 5.38. The Bertz CT molecular complexity index is 247. The molecule has 110 valence electrons. The van der Waals surface area contributed by atoms with Gasteiger partial charge in [0.2, 0.25) is 0 Å². The van der Waals surface area contributed by atoms with Crippen LogP contribution in [0.2, 0.25) is 0 Å². The van der Waals surface area contributed by atoms with Crippen LogP contribution in [0.5, 0.6) is 0 Å². The lowest BCUT2D eigenvalue weighted by Crippen LogP contribution is -2.40. The normalized spacial score (nSPS) is 22.2. The second kappa shape index (κ2) is 5.13. The second-order valence-electron chi connectivity index (χ2n) is 8.00. The van der Waals surface area contributed by atoms with E-state index in [2.05, 4.69) is 60.3 Å². The van der Waals surface area contributed by atoms with Crippen LogP contribution < -0.4 is 0 Å². The first-order chi connectivity index (χ1) is 7.78. The molecule has 0 bridgehead atoms. The van der Waals surface area contributed by atoms with E-state index in [1.807, 2.05) is 13.8 Å². The third kappa shape index (κ3) is 3.08. The summed E-state index contributed by atoms with van der Waals surface area (Å²) < 4.78 is 0. The molecule has 0 aromatic rings. The Morgan fingerprint density at radius 1 is 1.00 bits per heavy atom. The molecule has 0 amide bonds. The topological polar surface area (TPSA) is 29.5 Å². The van der Waals surface area contributed by atoms with Crippen molar-refractivity contribution in [3.63, 3.8) is 0 Å². The van der Waals surface area contributed by atoms with Crippen LogP contribution in [-0.4, -0.2) is 10.9 Å². The molecule has 1 saturated carbocycles. The van der Waals surface area contributed by atoms with Gasteiger partial charge in [0.25, 0.3) is 0 Å². The summed E-state index contributed by atoms with van der Waals surface area (Å²) in [5.41, 5.74) is 0.767. The molecule has 0 spiro atoms. The zero-order chi connectivity index (χ0) is 15.0. The molecule has 1 fully saturated rings. The number of rotatable bonds is 3. The van der Waals surface area contributed by atoms with Crippen LogP contribution in [0.25, 0.3) is 0 Å². The summed E-state index contributed by atoms with van der Waals surface area (Å²) in [5, 5.41) is 8.56. The highest BCUT2D eigenvalue weighted by Gasteiger charge is 2.61. The minimum atomic E-state index is -0.457. The van der Waals surface area contributed by atoms with Crippen LogP contribution in [0, 0.1) is 22.2 Å². The minimum Gasteiger partial charge on any atom is -0.251 e. The maximum Gasteiger partial charge on any atom is 0.103 e. The summed E-state index contributed by atoms with van der Waals surface area (Å²) in [6.07, 6.45) is 0.987. The summed E-state index contributed by atoms with van der Waals surface area (Å²) in [6.45, 7) is 21.7. The van der Waals surface area contributed by atoms with Crippen LogP contribution >= 0.6 is 0 Å². The van der Waals surface area contributed by atoms with Gasteiger partial charge in [-0.25, -0.2) is 4.89 Å². The molecule has 0 unspecified atom stereocenters. The molecule has 1 aliphatic rings. The fourth-order valence-corrected chi connectivity index (χ4v) is 2.08. The van der Waals surface area contributed by atoms with E-state index < -0.39 is 5.60 Å². The van der Waals surface area contributed by atoms with Gasteiger partial charge < -0.3 is 0 Å². The van der Waals surface area contributed by atoms with Gasteiger partial charge in [-0.1, -0.05) is 55.4 Å². The van der Waals surface area contributed by atoms with Crippen LogP contribution in [0.4, 0.5) is 0 Å². The van der Waals surface area contributed by atoms with Crippen molar-refractivity contribution in [3.8, 4) is 0 Å². The second-order valence-corrected chi connectivity index (χ2v) is 8.00. The van der Waals surface area contributed by atoms with Crippen molar-refractivity contribution in [1.82, 2.24) is 0 Å². The molecular weight excluding hydrogens is 224 g/mol. The van der Waals surface area contributed by atoms with Gasteiger partial charge >= 0.3 is 0 Å². The Balaban J connectivity index is 0.000000327. The zero-order valence-corrected chi connectivity index (χ0v) is 14.1. The smallest absolute Gasteiger partial charge is 0.103 e. The summed E-state index contributed by atoms with van der Waals surface area (Å²) >= 11 is 0. The fourth-order valence-electron chi connectivity index (χ4n) is 2.08. The van der Waals surface area contributed by atoms with Gasteiger partial charge in [-0.3, -0.25) is 5.26 Å². The van der Waals surface area contributed by atoms with E-state index >= 15 is 0 Å². The van der Waals surface area contributed by atoms with E-state index in [0.717, 1.165) is 12.3 Å². The molecule has 2 nitrogen and oxygen atoms in total. The highest BCUT2D eigenvalue weighted by molar-refractivity contribution is 5.09. The lowest BCUT2D eigenvalue weighted by Gasteiger charge is -2.37. The lowest BCUT2D eigenvalue weighted by atomic mass is 9.75. The van der Waals surface area contributed by atoms with Gasteiger partial charge in [0.1, 0.15) is 5.60 Å². The maximum atomic E-state index is 8.56. The third-order valence-electron chi connectivity index (χ3n) is 6.48. The van der Waals surface area contributed by atoms with E-state index in [-0.39, 0.29) is 5.41 Å². The average molecular weight is 258 g/mol. The van der Waals surface area contributed by atoms with Crippen molar-refractivity contribution < 1.29 is 10.1 Å². The molecule has 0 heterocycles. The molecule has 18 heavy (non-hydrogen) atoms. The Morgan fingerprint density at radius 3 is 1.33 bits per heavy atom. The van der Waals surface area contributed by atoms with Gasteiger partial charge in [0.05, 0.1) is 0 Å². The fraction of sp³-hybridized carbons (Fsp3) is 1.00. The summed E-state index contributed by atoms with van der Waals surface area (Å²) in [6, 6.07) is 0. The van der Waals surface area contributed by atoms with Gasteiger partial charge in [-0.2, -0.15) is 0 Å². The molecule has 1 N–H and O–H groups in total. The molecule has 0 atom stereocenters. The predicted molar refractivity (Wildman–Crippen MR) is 78.6 cm³/mol. The average Bonchev–Trinajstić information content (AvgIpc) is 2.61. The summed E-state index contributed by atoms with van der Waals surface area (Å²) in [7, 11) is 0. The van der Waals surface area contributed by atoms with Crippen LogP contribution in [-0.2, 0) is 4.89 Å². The van der Waals surface area contributed by atoms with E-state index in [9.17, 15) is 0 Å². The Labute approximate surface area is 114 Å². The van der Waals surface area contributed by atoms with Gasteiger partial charge in [-0.15, -0.1) is 0 Å². The van der Waals surface area contributed by atoms with E-state index in [4.69, 9.17) is 5.26 Å². The van der Waals surface area contributed by atoms with E-state index in [1.165, 1.54) is 0 Å². The maximum absolute atomic E-state index is 8.56. The summed E-state index contributed by atoms with van der Waals surface area (Å²) in [5.74, 6) is 0.912. The van der Waals surface area contributed by atoms with Gasteiger partial charge in [0, 0.05) is 0 Å². The summed E-state index contributed by atoms with van der Waals surface area (Å²) in [4.78, 5) is 4.39. The van der Waals surface area contributed by atoms with Crippen molar-refractivity contribution in [1.29, 1.82) is 0 Å². The highest BCUT2D eigenvalue weighted by atomic mass is 17.1. The van der Waals surface area contributed by atoms with Gasteiger partial charge in [-0.05, 0) is 42.4 Å². The molecule has 2 heteroatoms. The Kier molecular flexibility index (Phi) is 5.10. The molecule has 0 aromatic heterocycles. The van der Waals surface area contributed by atoms with Crippen LogP contribution in [0.1, 0.15) is 75.7 Å². The standard InChI is InChI=1S/C8H18O2.C8H16/c1-6-7(2,3)8(4,5)10-9;1-6-7(2,3)8(6,4)5/h9H,6H2,1-5H3;6H,1-5H3. The molecular formula is C16H34O2. The number of hydrogen-bond acceptors (Lipinski definition) is 2. The lowest BCUT2D eigenvalue weighted by molar-refractivity contribution is -0.339. The molecule has 0 saturated heterocycles. The first-order valence-corrected chi connectivity index (χ1v) is 7.10. The van der Waals surface area contributed by atoms with Crippen molar-refractivity contribution in [3.05, 3.63) is 0 Å². The van der Waals surface area contributed by atoms with Crippen molar-refractivity contribution >= 4 is 0 Å². The first kappa shape index (κ1) is 17.9. The SMILES string of the molecule is CC1C(C)(C)C1(C)C.CCC(C)(C)C(C)(C)OO. The van der Waals surface area contributed by atoms with E-state index in [1.54, 1.807) is 0 Å². The van der Waals surface area contributed by atoms with Crippen molar-refractivity contribution in [2.75, 3.05) is 0 Å². The Morgan fingerprint density at radius 2 is 1.28 bits per heavy atom. The van der Waals surface area contributed by atoms with Crippen LogP contribution in [0.3, 0.4) is 0 Å². The molecule has 0 aromatic carbocycles. The monoisotopic (exact) mass is 258 g/mol. The molecule has 1 aliphatic carbocycles. The Hall–Kier alpha value is -0.0800. The quantitative estimate of drug-likeness (QED) is 0.544. The minimum absolute atomic E-state index is 0.0156.